The van der Waals surface area contributed by atoms with E-state index in [-0.39, 0.29) is 36.9 Å². The van der Waals surface area contributed by atoms with E-state index in [1.54, 1.807) is 0 Å². The van der Waals surface area contributed by atoms with Gasteiger partial charge in [0.2, 0.25) is 0 Å². The van der Waals surface area contributed by atoms with Crippen molar-refractivity contribution in [1.82, 2.24) is 0 Å². The van der Waals surface area contributed by atoms with Gasteiger partial charge in [-0.1, -0.05) is 0 Å². The second kappa shape index (κ2) is 16.0. The van der Waals surface area contributed by atoms with Crippen LogP contribution in [-0.4, -0.2) is 27.9 Å². The van der Waals surface area contributed by atoms with Crippen molar-refractivity contribution in [2.45, 2.75) is 12.8 Å². The normalized spacial score (nSPS) is 13.3. The molecule has 0 atom stereocenters. The Kier molecular flexibility index (Phi) is 39.9. The maximum atomic E-state index is 2.07. The average Bonchev–Trinajstić information content (AvgIpc) is 1.76. The zero-order chi connectivity index (χ0) is 3.54. The largest absolute Gasteiger partial charge is 2.00 e. The molecule has 9 heavy (non-hydrogen) atoms. The quantitative estimate of drug-likeness (QED) is 0.507. The van der Waals surface area contributed by atoms with E-state index in [2.05, 4.69) is 11.8 Å². The summed E-state index contributed by atoms with van der Waals surface area (Å²) >= 11 is 2.07. The van der Waals surface area contributed by atoms with Crippen molar-refractivity contribution in [3.05, 3.63) is 0 Å². The van der Waals surface area contributed by atoms with Gasteiger partial charge in [-0.25, -0.2) is 0 Å². The van der Waals surface area contributed by atoms with Gasteiger partial charge in [0.1, 0.15) is 0 Å². The van der Waals surface area contributed by atoms with Crippen LogP contribution < -0.4 is 0 Å². The summed E-state index contributed by atoms with van der Waals surface area (Å²) in [5.74, 6) is 2.83. The van der Waals surface area contributed by atoms with Crippen LogP contribution in [0.4, 0.5) is 0 Å². The van der Waals surface area contributed by atoms with E-state index in [4.69, 9.17) is 0 Å². The summed E-state index contributed by atoms with van der Waals surface area (Å²) in [7, 11) is 0. The van der Waals surface area contributed by atoms with Crippen LogP contribution >= 0.6 is 11.8 Å². The predicted octanol–water partition coefficient (Wildman–Crippen LogP) is -0.963. The van der Waals surface area contributed by atoms with Crippen LogP contribution in [0.3, 0.4) is 0 Å². The molecular weight excluding hydrogens is 235 g/mol. The topological polar surface area (TPSA) is 94.5 Å². The molecule has 6 N–H and O–H groups in total. The molecule has 1 heterocycles. The number of hydrogen-bond acceptors (Lipinski definition) is 1. The predicted molar refractivity (Wildman–Crippen MR) is 37.4 cm³/mol. The van der Waals surface area contributed by atoms with Crippen molar-refractivity contribution < 1.29 is 36.9 Å². The molecule has 0 bridgehead atoms. The maximum absolute atomic E-state index is 2.07. The van der Waals surface area contributed by atoms with Crippen molar-refractivity contribution in [2.24, 2.45) is 0 Å². The first kappa shape index (κ1) is 22.5. The Labute approximate surface area is 73.2 Å². The summed E-state index contributed by atoms with van der Waals surface area (Å²) in [5.41, 5.74) is 0. The number of rotatable bonds is 0. The molecule has 0 aromatic heterocycles. The van der Waals surface area contributed by atoms with Crippen LogP contribution in [0.2, 0.25) is 0 Å². The first-order valence-corrected chi connectivity index (χ1v) is 3.23. The number of hydrogen-bond donors (Lipinski definition) is 0. The van der Waals surface area contributed by atoms with E-state index >= 15 is 0 Å². The third-order valence-electron chi connectivity index (χ3n) is 0.827. The van der Waals surface area contributed by atoms with Gasteiger partial charge in [-0.15, -0.1) is 0 Å². The molecule has 1 fully saturated rings. The molecule has 1 saturated heterocycles. The summed E-state index contributed by atoms with van der Waals surface area (Å²) in [6.07, 6.45) is 2.93. The van der Waals surface area contributed by atoms with Gasteiger partial charge in [0, 0.05) is 0 Å². The van der Waals surface area contributed by atoms with E-state index in [0.29, 0.717) is 0 Å². The fourth-order valence-electron chi connectivity index (χ4n) is 0.510. The Morgan fingerprint density at radius 3 is 1.22 bits per heavy atom. The minimum Gasteiger partial charge on any atom is -0.412 e. The zero-order valence-electron chi connectivity index (χ0n) is 5.05. The summed E-state index contributed by atoms with van der Waals surface area (Å²) in [5, 5.41) is 0. The van der Waals surface area contributed by atoms with Crippen LogP contribution in [-0.2, 0) is 20.4 Å². The van der Waals surface area contributed by atoms with E-state index in [1.807, 2.05) is 0 Å². The molecule has 62 valence electrons. The first-order valence-electron chi connectivity index (χ1n) is 2.08. The molecule has 1 aliphatic rings. The summed E-state index contributed by atoms with van der Waals surface area (Å²) in [6.45, 7) is 0. The van der Waals surface area contributed by atoms with E-state index in [0.717, 1.165) is 0 Å². The van der Waals surface area contributed by atoms with E-state index < -0.39 is 0 Å². The van der Waals surface area contributed by atoms with Crippen LogP contribution in [0.15, 0.2) is 0 Å². The van der Waals surface area contributed by atoms with Gasteiger partial charge in [0.15, 0.2) is 0 Å². The van der Waals surface area contributed by atoms with Gasteiger partial charge in [-0.05, 0) is 24.3 Å². The molecule has 3 nitrogen and oxygen atoms in total. The Morgan fingerprint density at radius 1 is 0.778 bits per heavy atom. The van der Waals surface area contributed by atoms with E-state index in [9.17, 15) is 0 Å². The number of thioether (sulfide) groups is 1. The molecule has 1 aliphatic heterocycles. The second-order valence-corrected chi connectivity index (χ2v) is 2.54. The molecule has 0 unspecified atom stereocenters. The minimum absolute atomic E-state index is 0. The Balaban J connectivity index is -0.0000000312. The molecule has 1 rings (SSSR count). The molecule has 0 amide bonds. The zero-order valence-corrected chi connectivity index (χ0v) is 7.42. The van der Waals surface area contributed by atoms with Crippen molar-refractivity contribution in [3.8, 4) is 0 Å². The monoisotopic (exact) mass is 248 g/mol. The molecule has 0 radical (unpaired) electrons. The van der Waals surface area contributed by atoms with Gasteiger partial charge >= 0.3 is 20.4 Å². The third-order valence-corrected chi connectivity index (χ3v) is 1.98. The van der Waals surface area contributed by atoms with Gasteiger partial charge in [-0.3, -0.25) is 0 Å². The third kappa shape index (κ3) is 12.2. The fraction of sp³-hybridized carbons (Fsp3) is 1.00. The Bertz CT molecular complexity index is 27.4. The van der Waals surface area contributed by atoms with Crippen LogP contribution in [0.25, 0.3) is 0 Å². The fourth-order valence-corrected chi connectivity index (χ4v) is 1.53. The Hall–Kier alpha value is 0.892. The molecular formula is C4H14O3PdS+2. The summed E-state index contributed by atoms with van der Waals surface area (Å²) < 4.78 is 0. The molecule has 0 aromatic carbocycles. The minimum atomic E-state index is 0. The molecule has 5 heteroatoms. The van der Waals surface area contributed by atoms with Crippen LogP contribution in [0, 0.1) is 0 Å². The molecule has 0 aromatic rings. The standard InChI is InChI=1S/C4H8S.3H2O.Pd/c1-2-4-5-3-1;;;;/h1-4H2;3*1H2;/q;;;;+2. The molecule has 0 aliphatic carbocycles. The van der Waals surface area contributed by atoms with Crippen LogP contribution in [0.1, 0.15) is 12.8 Å². The maximum Gasteiger partial charge on any atom is 2.00 e. The molecule has 0 spiro atoms. The van der Waals surface area contributed by atoms with Gasteiger partial charge in [0.05, 0.1) is 0 Å². The average molecular weight is 249 g/mol. The van der Waals surface area contributed by atoms with Gasteiger partial charge < -0.3 is 16.4 Å². The van der Waals surface area contributed by atoms with Crippen LogP contribution in [0.5, 0.6) is 0 Å². The second-order valence-electron chi connectivity index (χ2n) is 1.32. The Morgan fingerprint density at radius 2 is 1.11 bits per heavy atom. The first-order chi connectivity index (χ1) is 2.50. The smallest absolute Gasteiger partial charge is 0.412 e. The van der Waals surface area contributed by atoms with Crippen molar-refractivity contribution in [2.75, 3.05) is 11.5 Å². The van der Waals surface area contributed by atoms with Crippen molar-refractivity contribution >= 4 is 11.8 Å². The summed E-state index contributed by atoms with van der Waals surface area (Å²) in [6, 6.07) is 0. The molecule has 0 saturated carbocycles. The van der Waals surface area contributed by atoms with E-state index in [1.165, 1.54) is 24.3 Å². The van der Waals surface area contributed by atoms with Crippen molar-refractivity contribution in [3.63, 3.8) is 0 Å². The van der Waals surface area contributed by atoms with Gasteiger partial charge in [-0.2, -0.15) is 11.8 Å². The van der Waals surface area contributed by atoms with Gasteiger partial charge in [0.25, 0.3) is 0 Å². The SMILES string of the molecule is C1CCSC1.O.O.O.[Pd+2]. The van der Waals surface area contributed by atoms with Crippen molar-refractivity contribution in [1.29, 1.82) is 0 Å². The summed E-state index contributed by atoms with van der Waals surface area (Å²) in [4.78, 5) is 0.